The molecule has 1 aliphatic rings. The molecule has 1 saturated heterocycles. The Morgan fingerprint density at radius 3 is 2.58 bits per heavy atom. The molecule has 0 radical (unpaired) electrons. The van der Waals surface area contributed by atoms with Gasteiger partial charge >= 0.3 is 5.69 Å². The lowest BCUT2D eigenvalue weighted by atomic mass is 10.0. The summed E-state index contributed by atoms with van der Waals surface area (Å²) in [6, 6.07) is 3.50. The number of aryl methyl sites for hydroxylation is 2. The molecular weight excluding hydrogens is 546 g/mol. The molecule has 0 aliphatic carbocycles. The number of hydrogen-bond donors (Lipinski definition) is 0. The Labute approximate surface area is 242 Å². The summed E-state index contributed by atoms with van der Waals surface area (Å²) in [7, 11) is 0. The average Bonchev–Trinajstić information content (AvgIpc) is 3.34. The lowest BCUT2D eigenvalue weighted by Gasteiger charge is -2.44. The molecule has 4 aromatic heterocycles. The second kappa shape index (κ2) is 10.7. The molecular formula is C29H32ClN7O2S. The van der Waals surface area contributed by atoms with E-state index >= 15 is 0 Å². The summed E-state index contributed by atoms with van der Waals surface area (Å²) < 4.78 is 1.57. The first-order valence-electron chi connectivity index (χ1n) is 13.2. The topological polar surface area (TPSA) is 97.1 Å². The molecule has 1 aliphatic heterocycles. The lowest BCUT2D eigenvalue weighted by Crippen LogP contribution is -2.58. The van der Waals surface area contributed by atoms with E-state index in [0.717, 1.165) is 21.8 Å². The molecule has 2 unspecified atom stereocenters. The van der Waals surface area contributed by atoms with Gasteiger partial charge in [-0.25, -0.2) is 19.3 Å². The smallest absolute Gasteiger partial charge is 0.349 e. The molecule has 5 heterocycles. The van der Waals surface area contributed by atoms with Crippen LogP contribution in [0.1, 0.15) is 50.6 Å². The van der Waals surface area contributed by atoms with Crippen LogP contribution in [0, 0.1) is 13.8 Å². The Bertz CT molecular complexity index is 1700. The molecule has 11 heteroatoms. The van der Waals surface area contributed by atoms with Gasteiger partial charge in [0, 0.05) is 31.4 Å². The summed E-state index contributed by atoms with van der Waals surface area (Å²) in [6.45, 7) is 16.6. The predicted octanol–water partition coefficient (Wildman–Crippen LogP) is 5.30. The molecule has 0 saturated carbocycles. The largest absolute Gasteiger partial charge is 0.355 e. The summed E-state index contributed by atoms with van der Waals surface area (Å²) in [6.07, 6.45) is 3.09. The van der Waals surface area contributed by atoms with Gasteiger partial charge in [-0.3, -0.25) is 9.78 Å². The fraction of sp³-hybridized carbons (Fsp3) is 0.379. The number of halogens is 1. The second-order valence-electron chi connectivity index (χ2n) is 10.6. The maximum absolute atomic E-state index is 14.0. The van der Waals surface area contributed by atoms with Crippen molar-refractivity contribution in [2.75, 3.05) is 18.0 Å². The van der Waals surface area contributed by atoms with Gasteiger partial charge in [0.25, 0.3) is 0 Å². The quantitative estimate of drug-likeness (QED) is 0.297. The Hall–Kier alpha value is -3.63. The fourth-order valence-electron chi connectivity index (χ4n) is 5.35. The number of carbonyl (C=O) groups excluding carboxylic acids is 1. The number of anilines is 1. The zero-order chi connectivity index (χ0) is 28.9. The van der Waals surface area contributed by atoms with E-state index in [-0.39, 0.29) is 23.9 Å². The Morgan fingerprint density at radius 2 is 1.93 bits per heavy atom. The van der Waals surface area contributed by atoms with E-state index in [1.807, 2.05) is 53.7 Å². The van der Waals surface area contributed by atoms with E-state index in [4.69, 9.17) is 16.6 Å². The zero-order valence-electron chi connectivity index (χ0n) is 23.5. The minimum absolute atomic E-state index is 0.0587. The highest BCUT2D eigenvalue weighted by Crippen LogP contribution is 2.37. The van der Waals surface area contributed by atoms with Crippen molar-refractivity contribution in [3.63, 3.8) is 0 Å². The minimum atomic E-state index is -0.452. The van der Waals surface area contributed by atoms with Crippen LogP contribution in [0.4, 0.5) is 5.82 Å². The van der Waals surface area contributed by atoms with Crippen molar-refractivity contribution in [3.05, 3.63) is 69.0 Å². The first kappa shape index (κ1) is 27.9. The molecule has 1 amide bonds. The van der Waals surface area contributed by atoms with E-state index in [1.165, 1.54) is 17.4 Å². The number of nitrogens with zero attached hydrogens (tertiary/aromatic N) is 7. The van der Waals surface area contributed by atoms with Crippen LogP contribution in [-0.2, 0) is 4.79 Å². The third kappa shape index (κ3) is 4.69. The molecule has 0 bridgehead atoms. The highest BCUT2D eigenvalue weighted by Gasteiger charge is 2.34. The van der Waals surface area contributed by atoms with E-state index in [9.17, 15) is 9.59 Å². The van der Waals surface area contributed by atoms with Crippen LogP contribution in [-0.4, -0.2) is 60.5 Å². The Morgan fingerprint density at radius 1 is 1.18 bits per heavy atom. The van der Waals surface area contributed by atoms with Crippen molar-refractivity contribution < 1.29 is 4.79 Å². The molecule has 2 atom stereocenters. The van der Waals surface area contributed by atoms with Crippen LogP contribution >= 0.6 is 22.9 Å². The van der Waals surface area contributed by atoms with Crippen LogP contribution in [0.25, 0.3) is 27.3 Å². The van der Waals surface area contributed by atoms with E-state index in [1.54, 1.807) is 21.2 Å². The molecule has 1 fully saturated rings. The summed E-state index contributed by atoms with van der Waals surface area (Å²) in [5.41, 5.74) is 5.48. The van der Waals surface area contributed by atoms with Gasteiger partial charge in [-0.15, -0.1) is 11.3 Å². The highest BCUT2D eigenvalue weighted by molar-refractivity contribution is 7.13. The van der Waals surface area contributed by atoms with E-state index in [0.29, 0.717) is 46.3 Å². The normalized spacial score (nSPS) is 17.6. The molecule has 0 N–H and O–H groups in total. The van der Waals surface area contributed by atoms with Gasteiger partial charge in [0.2, 0.25) is 5.91 Å². The van der Waals surface area contributed by atoms with Crippen LogP contribution < -0.4 is 10.6 Å². The Balaban J connectivity index is 1.82. The molecule has 0 spiro atoms. The molecule has 9 nitrogen and oxygen atoms in total. The average molecular weight is 578 g/mol. The maximum Gasteiger partial charge on any atom is 0.355 e. The van der Waals surface area contributed by atoms with Crippen LogP contribution in [0.3, 0.4) is 0 Å². The number of thiazole rings is 1. The molecule has 0 aromatic carbocycles. The van der Waals surface area contributed by atoms with Gasteiger partial charge in [-0.1, -0.05) is 32.0 Å². The van der Waals surface area contributed by atoms with Gasteiger partial charge in [0.1, 0.15) is 11.5 Å². The third-order valence-corrected chi connectivity index (χ3v) is 8.63. The lowest BCUT2D eigenvalue weighted by molar-refractivity contribution is -0.128. The van der Waals surface area contributed by atoms with Crippen LogP contribution in [0.5, 0.6) is 0 Å². The summed E-state index contributed by atoms with van der Waals surface area (Å²) in [5, 5.41) is 1.09. The van der Waals surface area contributed by atoms with Crippen molar-refractivity contribution >= 4 is 45.7 Å². The first-order chi connectivity index (χ1) is 19.0. The van der Waals surface area contributed by atoms with Crippen molar-refractivity contribution in [2.45, 2.75) is 59.5 Å². The van der Waals surface area contributed by atoms with Gasteiger partial charge in [-0.05, 0) is 57.4 Å². The van der Waals surface area contributed by atoms with Crippen molar-refractivity contribution in [3.8, 4) is 16.3 Å². The summed E-state index contributed by atoms with van der Waals surface area (Å²) >= 11 is 8.33. The maximum atomic E-state index is 14.0. The minimum Gasteiger partial charge on any atom is -0.349 e. The van der Waals surface area contributed by atoms with Gasteiger partial charge in [0.05, 0.1) is 37.9 Å². The summed E-state index contributed by atoms with van der Waals surface area (Å²) in [5.74, 6) is 0.439. The van der Waals surface area contributed by atoms with Gasteiger partial charge < -0.3 is 9.80 Å². The molecule has 5 rings (SSSR count). The number of fused-ring (bicyclic) bond motifs is 1. The zero-order valence-corrected chi connectivity index (χ0v) is 25.0. The molecule has 40 heavy (non-hydrogen) atoms. The van der Waals surface area contributed by atoms with Crippen molar-refractivity contribution in [1.29, 1.82) is 0 Å². The Kier molecular flexibility index (Phi) is 7.50. The fourth-order valence-corrected chi connectivity index (χ4v) is 6.45. The summed E-state index contributed by atoms with van der Waals surface area (Å²) in [4.78, 5) is 49.9. The molecule has 208 valence electrons. The molecule has 4 aromatic rings. The first-order valence-corrected chi connectivity index (χ1v) is 14.5. The highest BCUT2D eigenvalue weighted by atomic mass is 35.5. The van der Waals surface area contributed by atoms with Gasteiger partial charge in [-0.2, -0.15) is 4.98 Å². The third-order valence-electron chi connectivity index (χ3n) is 7.40. The van der Waals surface area contributed by atoms with Crippen LogP contribution in [0.2, 0.25) is 5.02 Å². The van der Waals surface area contributed by atoms with Crippen molar-refractivity contribution in [1.82, 2.24) is 29.4 Å². The number of rotatable bonds is 5. The van der Waals surface area contributed by atoms with Gasteiger partial charge in [0.15, 0.2) is 5.65 Å². The number of hydrogen-bond acceptors (Lipinski definition) is 8. The standard InChI is InChI=1S/C29H32ClN7O2S/c1-8-22(38)35-12-18(6)36(13-17(35)5)27-20-11-21(30)24(26-19(7)32-14-40-26)33-28(20)37(29(39)34-27)25-16(4)9-10-31-23(25)15(2)3/h8-11,14-15,17-18H,1,12-13H2,2-7H3. The van der Waals surface area contributed by atoms with E-state index < -0.39 is 5.69 Å². The van der Waals surface area contributed by atoms with Crippen molar-refractivity contribution in [2.24, 2.45) is 0 Å². The number of carbonyl (C=O) groups is 1. The number of amides is 1. The second-order valence-corrected chi connectivity index (χ2v) is 11.8. The SMILES string of the molecule is C=CC(=O)N1CC(C)N(c2nc(=O)n(-c3c(C)ccnc3C(C)C)c3nc(-c4scnc4C)c(Cl)cc23)CC1C. The number of pyridine rings is 2. The number of aromatic nitrogens is 5. The number of piperazine rings is 1. The predicted molar refractivity (Wildman–Crippen MR) is 161 cm³/mol. The van der Waals surface area contributed by atoms with E-state index in [2.05, 4.69) is 26.4 Å². The van der Waals surface area contributed by atoms with Crippen LogP contribution in [0.15, 0.2) is 41.3 Å². The monoisotopic (exact) mass is 577 g/mol.